The van der Waals surface area contributed by atoms with Crippen LogP contribution in [0.2, 0.25) is 0 Å². The molecule has 3 aromatic rings. The summed E-state index contributed by atoms with van der Waals surface area (Å²) in [6, 6.07) is 23.4. The molecule has 33 heavy (non-hydrogen) atoms. The molecule has 0 spiro atoms. The SMILES string of the molecule is COc1ccccc1CN1C(=O)C(c2ccc(C)cc2)=C(N2CCCc3ccccc32)C1=O. The summed E-state index contributed by atoms with van der Waals surface area (Å²) in [6.45, 7) is 2.87. The zero-order valence-electron chi connectivity index (χ0n) is 18.9. The summed E-state index contributed by atoms with van der Waals surface area (Å²) in [5.41, 5.74) is 5.79. The van der Waals surface area contributed by atoms with E-state index in [2.05, 4.69) is 6.07 Å². The third kappa shape index (κ3) is 3.69. The number of hydrogen-bond acceptors (Lipinski definition) is 4. The Bertz CT molecular complexity index is 1260. The molecule has 0 atom stereocenters. The average molecular weight is 439 g/mol. The van der Waals surface area contributed by atoms with Crippen molar-refractivity contribution in [3.8, 4) is 5.75 Å². The van der Waals surface area contributed by atoms with Gasteiger partial charge in [0.2, 0.25) is 0 Å². The number of imide groups is 1. The largest absolute Gasteiger partial charge is 0.496 e. The highest BCUT2D eigenvalue weighted by Crippen LogP contribution is 2.38. The van der Waals surface area contributed by atoms with Crippen molar-refractivity contribution in [3.63, 3.8) is 0 Å². The number of fused-ring (bicyclic) bond motifs is 1. The van der Waals surface area contributed by atoms with Crippen LogP contribution in [-0.2, 0) is 22.6 Å². The lowest BCUT2D eigenvalue weighted by Gasteiger charge is -2.32. The summed E-state index contributed by atoms with van der Waals surface area (Å²) in [7, 11) is 1.60. The maximum atomic E-state index is 13.8. The molecule has 0 radical (unpaired) electrons. The van der Waals surface area contributed by atoms with Crippen LogP contribution in [0.25, 0.3) is 5.57 Å². The highest BCUT2D eigenvalue weighted by Gasteiger charge is 2.42. The van der Waals surface area contributed by atoms with Crippen LogP contribution in [0.1, 0.15) is 28.7 Å². The van der Waals surface area contributed by atoms with Crippen molar-refractivity contribution in [2.24, 2.45) is 0 Å². The molecule has 0 N–H and O–H groups in total. The molecule has 5 heteroatoms. The van der Waals surface area contributed by atoms with Crippen molar-refractivity contribution in [2.45, 2.75) is 26.3 Å². The number of rotatable bonds is 5. The Morgan fingerprint density at radius 1 is 0.879 bits per heavy atom. The maximum Gasteiger partial charge on any atom is 0.278 e. The number of aryl methyl sites for hydroxylation is 2. The van der Waals surface area contributed by atoms with Gasteiger partial charge in [-0.05, 0) is 43.0 Å². The van der Waals surface area contributed by atoms with E-state index in [0.717, 1.165) is 35.2 Å². The number of para-hydroxylation sites is 2. The highest BCUT2D eigenvalue weighted by molar-refractivity contribution is 6.36. The molecule has 2 aliphatic heterocycles. The minimum atomic E-state index is -0.271. The third-order valence-corrected chi connectivity index (χ3v) is 6.38. The first-order valence-corrected chi connectivity index (χ1v) is 11.2. The van der Waals surface area contributed by atoms with E-state index in [9.17, 15) is 9.59 Å². The molecule has 0 aliphatic carbocycles. The maximum absolute atomic E-state index is 13.8. The van der Waals surface area contributed by atoms with E-state index in [1.54, 1.807) is 7.11 Å². The predicted octanol–water partition coefficient (Wildman–Crippen LogP) is 4.74. The molecule has 2 heterocycles. The van der Waals surface area contributed by atoms with Crippen molar-refractivity contribution in [2.75, 3.05) is 18.6 Å². The Kier molecular flexibility index (Phi) is 5.47. The van der Waals surface area contributed by atoms with Crippen molar-refractivity contribution in [1.82, 2.24) is 4.90 Å². The van der Waals surface area contributed by atoms with Crippen LogP contribution in [0.15, 0.2) is 78.5 Å². The molecule has 0 saturated heterocycles. The zero-order chi connectivity index (χ0) is 22.9. The van der Waals surface area contributed by atoms with Crippen LogP contribution < -0.4 is 9.64 Å². The summed E-state index contributed by atoms with van der Waals surface area (Å²) >= 11 is 0. The van der Waals surface area contributed by atoms with Crippen molar-refractivity contribution in [3.05, 3.63) is 101 Å². The number of hydrogen-bond donors (Lipinski definition) is 0. The molecule has 0 fully saturated rings. The number of benzene rings is 3. The first-order valence-electron chi connectivity index (χ1n) is 11.2. The normalized spacial score (nSPS) is 15.8. The molecule has 5 nitrogen and oxygen atoms in total. The molecule has 3 aromatic carbocycles. The molecule has 0 saturated carbocycles. The van der Waals surface area contributed by atoms with Gasteiger partial charge in [0, 0.05) is 17.8 Å². The quantitative estimate of drug-likeness (QED) is 0.540. The number of anilines is 1. The molecular weight excluding hydrogens is 412 g/mol. The summed E-state index contributed by atoms with van der Waals surface area (Å²) in [4.78, 5) is 31.0. The molecular formula is C28H26N2O3. The van der Waals surface area contributed by atoms with Crippen LogP contribution in [0.4, 0.5) is 5.69 Å². The van der Waals surface area contributed by atoms with Gasteiger partial charge in [-0.3, -0.25) is 14.5 Å². The van der Waals surface area contributed by atoms with E-state index in [1.165, 1.54) is 10.5 Å². The van der Waals surface area contributed by atoms with Crippen LogP contribution in [-0.4, -0.2) is 30.4 Å². The number of nitrogens with zero attached hydrogens (tertiary/aromatic N) is 2. The Morgan fingerprint density at radius 3 is 2.39 bits per heavy atom. The van der Waals surface area contributed by atoms with Gasteiger partial charge < -0.3 is 9.64 Å². The van der Waals surface area contributed by atoms with E-state index in [4.69, 9.17) is 4.74 Å². The minimum absolute atomic E-state index is 0.163. The highest BCUT2D eigenvalue weighted by atomic mass is 16.5. The average Bonchev–Trinajstić information content (AvgIpc) is 3.09. The second-order valence-corrected chi connectivity index (χ2v) is 8.48. The summed E-state index contributed by atoms with van der Waals surface area (Å²) in [6.07, 6.45) is 1.89. The van der Waals surface area contributed by atoms with E-state index >= 15 is 0 Å². The number of methoxy groups -OCH3 is 1. The van der Waals surface area contributed by atoms with Crippen molar-refractivity contribution < 1.29 is 14.3 Å². The van der Waals surface area contributed by atoms with Crippen LogP contribution >= 0.6 is 0 Å². The van der Waals surface area contributed by atoms with Crippen molar-refractivity contribution in [1.29, 1.82) is 0 Å². The van der Waals surface area contributed by atoms with Crippen LogP contribution in [0.5, 0.6) is 5.75 Å². The van der Waals surface area contributed by atoms with E-state index in [0.29, 0.717) is 23.6 Å². The molecule has 2 aliphatic rings. The van der Waals surface area contributed by atoms with Gasteiger partial charge in [-0.2, -0.15) is 0 Å². The summed E-state index contributed by atoms with van der Waals surface area (Å²) in [5.74, 6) is 0.123. The second kappa shape index (κ2) is 8.58. The fourth-order valence-corrected chi connectivity index (χ4v) is 4.71. The molecule has 2 amide bonds. The Balaban J connectivity index is 1.62. The van der Waals surface area contributed by atoms with Gasteiger partial charge in [0.1, 0.15) is 11.4 Å². The van der Waals surface area contributed by atoms with E-state index < -0.39 is 0 Å². The Labute approximate surface area is 193 Å². The zero-order valence-corrected chi connectivity index (χ0v) is 18.9. The third-order valence-electron chi connectivity index (χ3n) is 6.38. The van der Waals surface area contributed by atoms with Gasteiger partial charge >= 0.3 is 0 Å². The smallest absolute Gasteiger partial charge is 0.278 e. The molecule has 0 unspecified atom stereocenters. The predicted molar refractivity (Wildman–Crippen MR) is 129 cm³/mol. The lowest BCUT2D eigenvalue weighted by atomic mass is 9.98. The Hall–Kier alpha value is -3.86. The van der Waals surface area contributed by atoms with Gasteiger partial charge in [-0.1, -0.05) is 66.2 Å². The topological polar surface area (TPSA) is 49.9 Å². The number of ether oxygens (including phenoxy) is 1. The van der Waals surface area contributed by atoms with Gasteiger partial charge in [-0.25, -0.2) is 0 Å². The summed E-state index contributed by atoms with van der Waals surface area (Å²) in [5, 5.41) is 0. The second-order valence-electron chi connectivity index (χ2n) is 8.48. The fourth-order valence-electron chi connectivity index (χ4n) is 4.71. The lowest BCUT2D eigenvalue weighted by molar-refractivity contribution is -0.137. The summed E-state index contributed by atoms with van der Waals surface area (Å²) < 4.78 is 5.47. The van der Waals surface area contributed by atoms with Crippen molar-refractivity contribution >= 4 is 23.1 Å². The number of carbonyl (C=O) groups is 2. The van der Waals surface area contributed by atoms with Crippen LogP contribution in [0.3, 0.4) is 0 Å². The van der Waals surface area contributed by atoms with E-state index in [-0.39, 0.29) is 18.4 Å². The number of carbonyl (C=O) groups excluding carboxylic acids is 2. The monoisotopic (exact) mass is 438 g/mol. The minimum Gasteiger partial charge on any atom is -0.496 e. The van der Waals surface area contributed by atoms with Gasteiger partial charge in [0.15, 0.2) is 0 Å². The van der Waals surface area contributed by atoms with Gasteiger partial charge in [-0.15, -0.1) is 0 Å². The molecule has 166 valence electrons. The lowest BCUT2D eigenvalue weighted by Crippen LogP contribution is -2.36. The van der Waals surface area contributed by atoms with Gasteiger partial charge in [0.05, 0.1) is 19.2 Å². The molecule has 0 aromatic heterocycles. The fraction of sp³-hybridized carbons (Fsp3) is 0.214. The molecule has 0 bridgehead atoms. The standard InChI is InChI=1S/C28H26N2O3/c1-19-13-15-21(16-14-19)25-26(29-17-7-10-20-8-3-5-11-23(20)29)28(32)30(27(25)31)18-22-9-4-6-12-24(22)33-2/h3-6,8-9,11-16H,7,10,17-18H2,1-2H3. The Morgan fingerprint density at radius 2 is 1.61 bits per heavy atom. The van der Waals surface area contributed by atoms with E-state index in [1.807, 2.05) is 78.6 Å². The first-order chi connectivity index (χ1) is 16.1. The van der Waals surface area contributed by atoms with Crippen LogP contribution in [0, 0.1) is 6.92 Å². The molecule has 5 rings (SSSR count). The first kappa shape index (κ1) is 21.0. The van der Waals surface area contributed by atoms with Gasteiger partial charge in [0.25, 0.3) is 11.8 Å². The number of amides is 2.